The van der Waals surface area contributed by atoms with Crippen molar-refractivity contribution < 1.29 is 9.50 Å². The number of aliphatic hydroxyl groups is 1. The topological polar surface area (TPSA) is 20.2 Å². The van der Waals surface area contributed by atoms with Gasteiger partial charge < -0.3 is 5.11 Å². The van der Waals surface area contributed by atoms with E-state index in [1.165, 1.54) is 23.5 Å². The fourth-order valence-electron chi connectivity index (χ4n) is 1.60. The Balaban J connectivity index is 2.23. The summed E-state index contributed by atoms with van der Waals surface area (Å²) < 4.78 is 15.8. The van der Waals surface area contributed by atoms with E-state index in [4.69, 9.17) is 0 Å². The Bertz CT molecular complexity index is 570. The molecule has 0 radical (unpaired) electrons. The number of hydrogen-bond donors (Lipinski definition) is 1. The Labute approximate surface area is 133 Å². The van der Waals surface area contributed by atoms with Gasteiger partial charge in [-0.05, 0) is 61.7 Å². The van der Waals surface area contributed by atoms with Crippen molar-refractivity contribution in [2.75, 3.05) is 0 Å². The molecule has 2 rings (SSSR count). The molecule has 0 aliphatic rings. The molecule has 1 aromatic carbocycles. The third-order valence-electron chi connectivity index (χ3n) is 2.46. The lowest BCUT2D eigenvalue weighted by molar-refractivity contribution is 0.178. The number of halogens is 4. The van der Waals surface area contributed by atoms with Gasteiger partial charge in [0.15, 0.2) is 0 Å². The van der Waals surface area contributed by atoms with Crippen molar-refractivity contribution in [1.29, 1.82) is 0 Å². The van der Waals surface area contributed by atoms with Crippen LogP contribution < -0.4 is 0 Å². The molecule has 0 fully saturated rings. The predicted molar refractivity (Wildman–Crippen MR) is 82.5 cm³/mol. The number of thiophene rings is 1. The maximum atomic E-state index is 13.2. The average molecular weight is 459 g/mol. The fraction of sp³-hybridized carbons (Fsp3) is 0.167. The first-order valence-corrected chi connectivity index (χ1v) is 8.23. The summed E-state index contributed by atoms with van der Waals surface area (Å²) in [5.74, 6) is -0.300. The third-order valence-corrected chi connectivity index (χ3v) is 5.62. The zero-order valence-electron chi connectivity index (χ0n) is 8.96. The van der Waals surface area contributed by atoms with E-state index < -0.39 is 6.10 Å². The van der Waals surface area contributed by atoms with Crippen LogP contribution in [0, 0.1) is 5.82 Å². The van der Waals surface area contributed by atoms with E-state index in [9.17, 15) is 9.50 Å². The van der Waals surface area contributed by atoms with Gasteiger partial charge in [0.2, 0.25) is 0 Å². The highest BCUT2D eigenvalue weighted by molar-refractivity contribution is 9.12. The SMILES string of the molecule is OC(Cc1cc(F)ccc1Br)c1cc(Br)sc1Br. The van der Waals surface area contributed by atoms with E-state index in [2.05, 4.69) is 47.8 Å². The summed E-state index contributed by atoms with van der Waals surface area (Å²) in [6.45, 7) is 0. The lowest BCUT2D eigenvalue weighted by atomic mass is 10.0. The lowest BCUT2D eigenvalue weighted by Gasteiger charge is -2.11. The van der Waals surface area contributed by atoms with Crippen molar-refractivity contribution in [3.05, 3.63) is 53.3 Å². The zero-order chi connectivity index (χ0) is 13.3. The van der Waals surface area contributed by atoms with Crippen molar-refractivity contribution in [1.82, 2.24) is 0 Å². The normalized spacial score (nSPS) is 12.7. The van der Waals surface area contributed by atoms with Gasteiger partial charge in [-0.3, -0.25) is 0 Å². The maximum absolute atomic E-state index is 13.2. The molecule has 1 nitrogen and oxygen atoms in total. The monoisotopic (exact) mass is 456 g/mol. The van der Waals surface area contributed by atoms with Gasteiger partial charge in [-0.2, -0.15) is 0 Å². The molecule has 1 unspecified atom stereocenters. The summed E-state index contributed by atoms with van der Waals surface area (Å²) in [6.07, 6.45) is -0.305. The highest BCUT2D eigenvalue weighted by atomic mass is 79.9. The minimum absolute atomic E-state index is 0.300. The van der Waals surface area contributed by atoms with Crippen LogP contribution in [-0.4, -0.2) is 5.11 Å². The van der Waals surface area contributed by atoms with E-state index in [0.29, 0.717) is 6.42 Å². The minimum atomic E-state index is -0.667. The van der Waals surface area contributed by atoms with Gasteiger partial charge in [-0.1, -0.05) is 15.9 Å². The first-order valence-electron chi connectivity index (χ1n) is 5.04. The molecule has 1 heterocycles. The van der Waals surface area contributed by atoms with E-state index in [-0.39, 0.29) is 5.82 Å². The van der Waals surface area contributed by atoms with Crippen LogP contribution in [0.5, 0.6) is 0 Å². The van der Waals surface area contributed by atoms with Crippen LogP contribution in [-0.2, 0) is 6.42 Å². The van der Waals surface area contributed by atoms with E-state index in [1.54, 1.807) is 6.07 Å². The van der Waals surface area contributed by atoms with Crippen LogP contribution in [0.4, 0.5) is 4.39 Å². The van der Waals surface area contributed by atoms with E-state index in [0.717, 1.165) is 23.2 Å². The second-order valence-electron chi connectivity index (χ2n) is 3.74. The number of hydrogen-bond acceptors (Lipinski definition) is 2. The van der Waals surface area contributed by atoms with Gasteiger partial charge in [0, 0.05) is 16.5 Å². The van der Waals surface area contributed by atoms with Crippen molar-refractivity contribution in [2.45, 2.75) is 12.5 Å². The van der Waals surface area contributed by atoms with Gasteiger partial charge in [0.1, 0.15) is 5.82 Å². The van der Waals surface area contributed by atoms with Gasteiger partial charge >= 0.3 is 0 Å². The molecule has 0 spiro atoms. The molecule has 1 N–H and O–H groups in total. The number of rotatable bonds is 3. The molecule has 1 aromatic heterocycles. The molecule has 6 heteroatoms. The van der Waals surface area contributed by atoms with E-state index >= 15 is 0 Å². The fourth-order valence-corrected chi connectivity index (χ4v) is 4.96. The second-order valence-corrected chi connectivity index (χ2v) is 8.34. The Kier molecular flexibility index (Phi) is 4.99. The third kappa shape index (κ3) is 3.42. The van der Waals surface area contributed by atoms with Gasteiger partial charge in [0.25, 0.3) is 0 Å². The molecule has 0 saturated heterocycles. The van der Waals surface area contributed by atoms with Crippen LogP contribution in [0.3, 0.4) is 0 Å². The van der Waals surface area contributed by atoms with Crippen LogP contribution in [0.2, 0.25) is 0 Å². The Morgan fingerprint density at radius 3 is 2.56 bits per heavy atom. The summed E-state index contributed by atoms with van der Waals surface area (Å²) in [5.41, 5.74) is 1.56. The Hall–Kier alpha value is 0.250. The standard InChI is InChI=1S/C12H8Br3FOS/c13-9-2-1-7(16)3-6(9)4-10(17)8-5-11(14)18-12(8)15/h1-3,5,10,17H,4H2. The summed E-state index contributed by atoms with van der Waals surface area (Å²) >= 11 is 11.6. The molecular weight excluding hydrogens is 451 g/mol. The molecule has 0 bridgehead atoms. The van der Waals surface area contributed by atoms with Crippen molar-refractivity contribution in [3.8, 4) is 0 Å². The first kappa shape index (κ1) is 14.7. The molecule has 2 aromatic rings. The van der Waals surface area contributed by atoms with Crippen molar-refractivity contribution >= 4 is 59.1 Å². The molecule has 0 aliphatic heterocycles. The second kappa shape index (κ2) is 6.13. The number of benzene rings is 1. The molecular formula is C12H8Br3FOS. The summed E-state index contributed by atoms with van der Waals surface area (Å²) in [4.78, 5) is 0. The Morgan fingerprint density at radius 1 is 1.22 bits per heavy atom. The quantitative estimate of drug-likeness (QED) is 0.648. The highest BCUT2D eigenvalue weighted by Gasteiger charge is 2.16. The molecule has 18 heavy (non-hydrogen) atoms. The molecule has 0 amide bonds. The summed E-state index contributed by atoms with van der Waals surface area (Å²) in [6, 6.07) is 6.34. The molecule has 1 atom stereocenters. The predicted octanol–water partition coefficient (Wildman–Crippen LogP) is 5.45. The van der Waals surface area contributed by atoms with Crippen LogP contribution in [0.1, 0.15) is 17.2 Å². The Morgan fingerprint density at radius 2 is 1.94 bits per heavy atom. The maximum Gasteiger partial charge on any atom is 0.123 e. The molecule has 0 saturated carbocycles. The van der Waals surface area contributed by atoms with Crippen LogP contribution in [0.15, 0.2) is 36.3 Å². The zero-order valence-corrected chi connectivity index (χ0v) is 14.5. The van der Waals surface area contributed by atoms with Gasteiger partial charge in [-0.25, -0.2) is 4.39 Å². The van der Waals surface area contributed by atoms with Crippen molar-refractivity contribution in [2.24, 2.45) is 0 Å². The highest BCUT2D eigenvalue weighted by Crippen LogP contribution is 2.37. The first-order chi connectivity index (χ1) is 8.47. The van der Waals surface area contributed by atoms with E-state index in [1.807, 2.05) is 6.07 Å². The van der Waals surface area contributed by atoms with Crippen molar-refractivity contribution in [3.63, 3.8) is 0 Å². The largest absolute Gasteiger partial charge is 0.388 e. The number of aliphatic hydroxyl groups excluding tert-OH is 1. The van der Waals surface area contributed by atoms with Crippen LogP contribution in [0.25, 0.3) is 0 Å². The summed E-state index contributed by atoms with van der Waals surface area (Å²) in [5, 5.41) is 10.2. The minimum Gasteiger partial charge on any atom is -0.388 e. The van der Waals surface area contributed by atoms with Crippen LogP contribution >= 0.6 is 59.1 Å². The molecule has 0 aliphatic carbocycles. The van der Waals surface area contributed by atoms with Gasteiger partial charge in [-0.15, -0.1) is 11.3 Å². The lowest BCUT2D eigenvalue weighted by Crippen LogP contribution is -2.02. The smallest absolute Gasteiger partial charge is 0.123 e. The molecule has 96 valence electrons. The summed E-state index contributed by atoms with van der Waals surface area (Å²) in [7, 11) is 0. The van der Waals surface area contributed by atoms with Gasteiger partial charge in [0.05, 0.1) is 13.7 Å². The average Bonchev–Trinajstić information content (AvgIpc) is 2.63.